The van der Waals surface area contributed by atoms with Gasteiger partial charge in [-0.15, -0.1) is 0 Å². The van der Waals surface area contributed by atoms with Gasteiger partial charge in [0.25, 0.3) is 20.0 Å². The summed E-state index contributed by atoms with van der Waals surface area (Å²) in [6.07, 6.45) is 2.26. The van der Waals surface area contributed by atoms with E-state index in [1.54, 1.807) is 0 Å². The number of carbonyl (C=O) groups is 2. The number of halogens is 2. The van der Waals surface area contributed by atoms with E-state index in [4.69, 9.17) is 34.7 Å². The van der Waals surface area contributed by atoms with Crippen molar-refractivity contribution < 1.29 is 26.4 Å². The summed E-state index contributed by atoms with van der Waals surface area (Å²) in [5.41, 5.74) is 11.3. The first-order valence-electron chi connectivity index (χ1n) is 11.0. The Labute approximate surface area is 238 Å². The van der Waals surface area contributed by atoms with Gasteiger partial charge in [-0.05, 0) is 72.8 Å². The van der Waals surface area contributed by atoms with Crippen LogP contribution in [-0.2, 0) is 29.6 Å². The van der Waals surface area contributed by atoms with E-state index in [1.165, 1.54) is 48.5 Å². The first kappa shape index (κ1) is 28.8. The Morgan fingerprint density at radius 3 is 1.23 bits per heavy atom. The third kappa shape index (κ3) is 5.42. The van der Waals surface area contributed by atoms with Crippen LogP contribution < -0.4 is 20.1 Å². The van der Waals surface area contributed by atoms with E-state index >= 15 is 0 Å². The molecule has 2 heterocycles. The van der Waals surface area contributed by atoms with Crippen molar-refractivity contribution in [2.45, 2.75) is 9.79 Å². The maximum absolute atomic E-state index is 13.8. The van der Waals surface area contributed by atoms with Crippen LogP contribution in [0.5, 0.6) is 0 Å². The molecule has 0 spiro atoms. The molecule has 0 saturated carbocycles. The molecule has 0 aliphatic carbocycles. The van der Waals surface area contributed by atoms with Crippen molar-refractivity contribution in [3.8, 4) is 0 Å². The topological polar surface area (TPSA) is 187 Å². The summed E-state index contributed by atoms with van der Waals surface area (Å²) in [7, 11) is -9.82. The molecular formula is C24H18Cl2N6O6S2. The van der Waals surface area contributed by atoms with Gasteiger partial charge in [-0.2, -0.15) is 8.61 Å². The second-order valence-corrected chi connectivity index (χ2v) is 12.3. The minimum Gasteiger partial charge on any atom is -0.396 e. The maximum atomic E-state index is 13.8. The average molecular weight is 621 g/mol. The second-order valence-electron chi connectivity index (χ2n) is 7.89. The molecule has 12 nitrogen and oxygen atoms in total. The van der Waals surface area contributed by atoms with Crippen LogP contribution in [0.3, 0.4) is 0 Å². The molecule has 4 N–H and O–H groups in total. The van der Waals surface area contributed by atoms with Crippen molar-refractivity contribution >= 4 is 78.1 Å². The van der Waals surface area contributed by atoms with Crippen molar-refractivity contribution in [3.05, 3.63) is 95.2 Å². The van der Waals surface area contributed by atoms with Gasteiger partial charge in [0.05, 0.1) is 21.2 Å². The predicted molar refractivity (Wildman–Crippen MR) is 150 cm³/mol. The molecule has 2 amide bonds. The van der Waals surface area contributed by atoms with E-state index in [9.17, 15) is 26.4 Å². The Morgan fingerprint density at radius 1 is 0.600 bits per heavy atom. The number of benzene rings is 2. The summed E-state index contributed by atoms with van der Waals surface area (Å²) in [4.78, 5) is 34.5. The Kier molecular flexibility index (Phi) is 7.98. The summed E-state index contributed by atoms with van der Waals surface area (Å²) < 4.78 is 54.9. The highest BCUT2D eigenvalue weighted by Gasteiger charge is 2.44. The smallest absolute Gasteiger partial charge is 0.333 e. The molecule has 0 aliphatic heterocycles. The van der Waals surface area contributed by atoms with Crippen LogP contribution in [0, 0.1) is 0 Å². The lowest BCUT2D eigenvalue weighted by molar-refractivity contribution is -0.134. The molecule has 0 atom stereocenters. The number of nitrogens with two attached hydrogens (primary N) is 2. The predicted octanol–water partition coefficient (Wildman–Crippen LogP) is 3.09. The molecule has 0 saturated heterocycles. The standard InChI is InChI=1S/C24H18Cl2N6O6S2/c25-15-5-9-17(10-6-15)39(35,36)31(21-19(27)3-1-13-29-21)23(33)24(34)32(22-20(28)4-2-14-30-22)40(37,38)18-11-7-16(26)8-12-18/h1-14H,27-28H2. The normalized spacial score (nSPS) is 11.6. The van der Waals surface area contributed by atoms with Gasteiger partial charge < -0.3 is 11.5 Å². The number of amides is 2. The number of nitrogen functional groups attached to an aromatic ring is 2. The number of aromatic nitrogens is 2. The zero-order valence-electron chi connectivity index (χ0n) is 20.0. The first-order valence-corrected chi connectivity index (χ1v) is 14.6. The fraction of sp³-hybridized carbons (Fsp3) is 0. The van der Waals surface area contributed by atoms with Crippen LogP contribution in [0.1, 0.15) is 0 Å². The summed E-state index contributed by atoms with van der Waals surface area (Å²) >= 11 is 11.8. The van der Waals surface area contributed by atoms with Crippen LogP contribution >= 0.6 is 23.2 Å². The number of rotatable bonds is 6. The Morgan fingerprint density at radius 2 is 0.925 bits per heavy atom. The van der Waals surface area contributed by atoms with Gasteiger partial charge >= 0.3 is 11.8 Å². The largest absolute Gasteiger partial charge is 0.396 e. The average Bonchev–Trinajstić information content (AvgIpc) is 2.91. The number of nitrogens with zero attached hydrogens (tertiary/aromatic N) is 4. The third-order valence-electron chi connectivity index (χ3n) is 5.27. The number of hydrogen-bond donors (Lipinski definition) is 2. The van der Waals surface area contributed by atoms with Gasteiger partial charge in [-0.25, -0.2) is 26.8 Å². The van der Waals surface area contributed by atoms with Gasteiger partial charge in [0.1, 0.15) is 0 Å². The number of carbonyl (C=O) groups excluding carboxylic acids is 2. The first-order chi connectivity index (χ1) is 18.9. The second kappa shape index (κ2) is 11.1. The Balaban J connectivity index is 1.94. The fourth-order valence-corrected chi connectivity index (χ4v) is 6.38. The summed E-state index contributed by atoms with van der Waals surface area (Å²) in [5.74, 6) is -4.98. The van der Waals surface area contributed by atoms with Gasteiger partial charge in [0.15, 0.2) is 11.6 Å². The van der Waals surface area contributed by atoms with E-state index in [0.29, 0.717) is 0 Å². The van der Waals surface area contributed by atoms with Crippen LogP contribution in [-0.4, -0.2) is 38.6 Å². The van der Waals surface area contributed by atoms with E-state index in [-0.39, 0.29) is 30.0 Å². The minimum absolute atomic E-state index is 0.0113. The van der Waals surface area contributed by atoms with Crippen molar-refractivity contribution in [3.63, 3.8) is 0 Å². The lowest BCUT2D eigenvalue weighted by Gasteiger charge is -2.26. The molecule has 0 unspecified atom stereocenters. The van der Waals surface area contributed by atoms with Crippen molar-refractivity contribution in [1.82, 2.24) is 9.97 Å². The number of anilines is 4. The molecule has 16 heteroatoms. The van der Waals surface area contributed by atoms with Crippen LogP contribution in [0.2, 0.25) is 10.0 Å². The summed E-state index contributed by atoms with van der Waals surface area (Å²) in [6, 6.07) is 14.5. The maximum Gasteiger partial charge on any atom is 0.333 e. The number of hydrogen-bond acceptors (Lipinski definition) is 10. The Bertz CT molecular complexity index is 1680. The van der Waals surface area contributed by atoms with Crippen LogP contribution in [0.25, 0.3) is 0 Å². The third-order valence-corrected chi connectivity index (χ3v) is 9.15. The molecule has 0 radical (unpaired) electrons. The van der Waals surface area contributed by atoms with Gasteiger partial charge in [0, 0.05) is 22.4 Å². The van der Waals surface area contributed by atoms with Crippen molar-refractivity contribution in [1.29, 1.82) is 0 Å². The molecule has 2 aromatic heterocycles. The molecule has 206 valence electrons. The molecule has 2 aromatic carbocycles. The van der Waals surface area contributed by atoms with E-state index in [0.717, 1.165) is 36.7 Å². The fourth-order valence-electron chi connectivity index (χ4n) is 3.39. The number of sulfonamides is 2. The molecule has 4 aromatic rings. The van der Waals surface area contributed by atoms with Crippen LogP contribution in [0.4, 0.5) is 23.0 Å². The van der Waals surface area contributed by atoms with Gasteiger partial charge in [-0.3, -0.25) is 9.59 Å². The zero-order valence-corrected chi connectivity index (χ0v) is 23.2. The summed E-state index contributed by atoms with van der Waals surface area (Å²) in [5, 5.41) is 0.382. The number of pyridine rings is 2. The highest BCUT2D eigenvalue weighted by molar-refractivity contribution is 7.94. The van der Waals surface area contributed by atoms with Gasteiger partial charge in [-0.1, -0.05) is 23.2 Å². The zero-order chi connectivity index (χ0) is 29.2. The summed E-state index contributed by atoms with van der Waals surface area (Å²) in [6.45, 7) is 0. The lowest BCUT2D eigenvalue weighted by Crippen LogP contribution is -2.50. The monoisotopic (exact) mass is 620 g/mol. The van der Waals surface area contributed by atoms with Gasteiger partial charge in [0.2, 0.25) is 0 Å². The molecule has 0 bridgehead atoms. The van der Waals surface area contributed by atoms with Crippen molar-refractivity contribution in [2.24, 2.45) is 0 Å². The lowest BCUT2D eigenvalue weighted by atomic mass is 10.3. The molecule has 0 aliphatic rings. The van der Waals surface area contributed by atoms with E-state index < -0.39 is 53.3 Å². The molecular weight excluding hydrogens is 603 g/mol. The molecule has 40 heavy (non-hydrogen) atoms. The van der Waals surface area contributed by atoms with E-state index in [1.807, 2.05) is 0 Å². The minimum atomic E-state index is -4.91. The molecule has 4 rings (SSSR count). The highest BCUT2D eigenvalue weighted by atomic mass is 35.5. The van der Waals surface area contributed by atoms with E-state index in [2.05, 4.69) is 9.97 Å². The van der Waals surface area contributed by atoms with Crippen molar-refractivity contribution in [2.75, 3.05) is 20.1 Å². The quantitative estimate of drug-likeness (QED) is 0.303. The molecule has 0 fully saturated rings. The van der Waals surface area contributed by atoms with Crippen LogP contribution in [0.15, 0.2) is 95.0 Å². The highest BCUT2D eigenvalue weighted by Crippen LogP contribution is 2.31. The Hall–Kier alpha value is -4.24. The SMILES string of the molecule is Nc1cccnc1N(C(=O)C(=O)N(c1ncccc1N)S(=O)(=O)c1ccc(Cl)cc1)S(=O)(=O)c1ccc(Cl)cc1.